The summed E-state index contributed by atoms with van der Waals surface area (Å²) >= 11 is 12.2. The van der Waals surface area contributed by atoms with Gasteiger partial charge in [0.1, 0.15) is 5.60 Å². The van der Waals surface area contributed by atoms with Crippen LogP contribution in [0.5, 0.6) is 0 Å². The van der Waals surface area contributed by atoms with Crippen molar-refractivity contribution in [2.45, 2.75) is 51.2 Å². The van der Waals surface area contributed by atoms with Gasteiger partial charge in [-0.05, 0) is 51.8 Å². The first kappa shape index (κ1) is 21.2. The molecule has 1 aliphatic carbocycles. The van der Waals surface area contributed by atoms with Gasteiger partial charge in [-0.3, -0.25) is 4.79 Å². The molecule has 1 saturated heterocycles. The van der Waals surface area contributed by atoms with E-state index in [2.05, 4.69) is 0 Å². The van der Waals surface area contributed by atoms with E-state index in [9.17, 15) is 14.7 Å². The number of esters is 1. The Hall–Kier alpha value is -1.50. The summed E-state index contributed by atoms with van der Waals surface area (Å²) in [5.74, 6) is -0.437. The average Bonchev–Trinajstić information content (AvgIpc) is 3.28. The highest BCUT2D eigenvalue weighted by molar-refractivity contribution is 6.42. The summed E-state index contributed by atoms with van der Waals surface area (Å²) in [6, 6.07) is 5.09. The minimum Gasteiger partial charge on any atom is -0.465 e. The van der Waals surface area contributed by atoms with E-state index in [4.69, 9.17) is 32.7 Å². The number of halogens is 2. The molecule has 1 amide bonds. The molecular formula is C20H25Cl2NO5. The van der Waals surface area contributed by atoms with Crippen LogP contribution in [0.25, 0.3) is 0 Å². The molecule has 6 nitrogen and oxygen atoms in total. The maximum Gasteiger partial charge on any atom is 0.410 e. The summed E-state index contributed by atoms with van der Waals surface area (Å²) in [4.78, 5) is 26.9. The number of nitrogens with zero attached hydrogens (tertiary/aromatic N) is 1. The summed E-state index contributed by atoms with van der Waals surface area (Å²) in [7, 11) is 0. The fraction of sp³-hybridized carbons (Fsp3) is 0.600. The smallest absolute Gasteiger partial charge is 0.410 e. The summed E-state index contributed by atoms with van der Waals surface area (Å²) in [5.41, 5.74) is -1.88. The van der Waals surface area contributed by atoms with Crippen LogP contribution in [0.3, 0.4) is 0 Å². The normalized spacial score (nSPS) is 29.1. The lowest BCUT2D eigenvalue weighted by Gasteiger charge is -2.40. The van der Waals surface area contributed by atoms with Gasteiger partial charge in [0.25, 0.3) is 0 Å². The Morgan fingerprint density at radius 1 is 1.29 bits per heavy atom. The molecule has 1 saturated carbocycles. The predicted molar refractivity (Wildman–Crippen MR) is 106 cm³/mol. The van der Waals surface area contributed by atoms with Gasteiger partial charge >= 0.3 is 12.1 Å². The van der Waals surface area contributed by atoms with Crippen molar-refractivity contribution in [1.29, 1.82) is 0 Å². The Balaban J connectivity index is 1.98. The zero-order chi connectivity index (χ0) is 20.9. The molecule has 1 N–H and O–H groups in total. The molecule has 2 aliphatic rings. The molecule has 2 fully saturated rings. The van der Waals surface area contributed by atoms with Crippen molar-refractivity contribution in [2.24, 2.45) is 5.41 Å². The Morgan fingerprint density at radius 3 is 2.54 bits per heavy atom. The molecule has 1 aliphatic heterocycles. The first-order valence-electron chi connectivity index (χ1n) is 9.25. The van der Waals surface area contributed by atoms with Gasteiger partial charge in [-0.2, -0.15) is 0 Å². The molecule has 0 aromatic heterocycles. The second kappa shape index (κ2) is 7.08. The number of hydrogen-bond acceptors (Lipinski definition) is 5. The van der Waals surface area contributed by atoms with E-state index < -0.39 is 34.6 Å². The molecule has 3 rings (SSSR count). The number of carbonyl (C=O) groups is 2. The minimum absolute atomic E-state index is 0.0519. The first-order chi connectivity index (χ1) is 13.0. The molecule has 0 bridgehead atoms. The Bertz CT molecular complexity index is 808. The van der Waals surface area contributed by atoms with Crippen LogP contribution < -0.4 is 0 Å². The van der Waals surface area contributed by atoms with Crippen LogP contribution in [0.4, 0.5) is 4.79 Å². The number of rotatable bonds is 3. The van der Waals surface area contributed by atoms with Gasteiger partial charge in [-0.15, -0.1) is 0 Å². The topological polar surface area (TPSA) is 76.1 Å². The number of fused-ring (bicyclic) bond motifs is 1. The number of β-amino-alcohol motifs (C(OH)–C–C–N with tert-alkyl or cyclic N) is 1. The summed E-state index contributed by atoms with van der Waals surface area (Å²) in [6.07, 6.45) is -1.18. The Morgan fingerprint density at radius 2 is 1.96 bits per heavy atom. The van der Waals surface area contributed by atoms with Crippen LogP contribution in [0.1, 0.15) is 39.7 Å². The lowest BCUT2D eigenvalue weighted by Crippen LogP contribution is -2.56. The largest absolute Gasteiger partial charge is 0.465 e. The van der Waals surface area contributed by atoms with Crippen molar-refractivity contribution < 1.29 is 24.2 Å². The van der Waals surface area contributed by atoms with Gasteiger partial charge in [0.05, 0.1) is 34.7 Å². The van der Waals surface area contributed by atoms with Gasteiger partial charge < -0.3 is 19.5 Å². The fourth-order valence-corrected chi connectivity index (χ4v) is 4.52. The number of ether oxygens (including phenoxy) is 2. The minimum atomic E-state index is -1.05. The lowest BCUT2D eigenvalue weighted by atomic mass is 9.78. The number of hydrogen-bond donors (Lipinski definition) is 1. The van der Waals surface area contributed by atoms with Crippen molar-refractivity contribution in [3.63, 3.8) is 0 Å². The number of aliphatic hydroxyl groups excluding tert-OH is 1. The third kappa shape index (κ3) is 3.36. The molecule has 1 heterocycles. The number of likely N-dealkylation sites (tertiary alicyclic amines) is 1. The number of carbonyl (C=O) groups excluding carboxylic acids is 2. The highest BCUT2D eigenvalue weighted by Gasteiger charge is 2.79. The number of piperidine rings is 1. The zero-order valence-electron chi connectivity index (χ0n) is 16.4. The molecule has 0 spiro atoms. The van der Waals surface area contributed by atoms with E-state index in [0.29, 0.717) is 22.0 Å². The van der Waals surface area contributed by atoms with Crippen LogP contribution in [-0.4, -0.2) is 53.5 Å². The van der Waals surface area contributed by atoms with Crippen molar-refractivity contribution in [1.82, 2.24) is 4.90 Å². The molecule has 154 valence electrons. The average molecular weight is 430 g/mol. The van der Waals surface area contributed by atoms with Crippen LogP contribution >= 0.6 is 23.2 Å². The van der Waals surface area contributed by atoms with Gasteiger partial charge in [0.2, 0.25) is 0 Å². The number of amides is 1. The Kier molecular flexibility index (Phi) is 5.36. The fourth-order valence-electron chi connectivity index (χ4n) is 4.22. The van der Waals surface area contributed by atoms with Gasteiger partial charge in [-0.25, -0.2) is 4.79 Å². The second-order valence-corrected chi connectivity index (χ2v) is 9.27. The zero-order valence-corrected chi connectivity index (χ0v) is 17.9. The molecule has 3 unspecified atom stereocenters. The number of benzene rings is 1. The van der Waals surface area contributed by atoms with Gasteiger partial charge in [0, 0.05) is 12.0 Å². The van der Waals surface area contributed by atoms with Gasteiger partial charge in [0.15, 0.2) is 0 Å². The van der Waals surface area contributed by atoms with E-state index in [-0.39, 0.29) is 19.7 Å². The van der Waals surface area contributed by atoms with E-state index in [1.54, 1.807) is 45.9 Å². The molecule has 1 aromatic carbocycles. The van der Waals surface area contributed by atoms with Crippen molar-refractivity contribution in [3.8, 4) is 0 Å². The monoisotopic (exact) mass is 429 g/mol. The second-order valence-electron chi connectivity index (χ2n) is 8.46. The maximum absolute atomic E-state index is 12.9. The highest BCUT2D eigenvalue weighted by Crippen LogP contribution is 2.69. The predicted octanol–water partition coefficient (Wildman–Crippen LogP) is 3.80. The van der Waals surface area contributed by atoms with Crippen molar-refractivity contribution in [2.75, 3.05) is 19.7 Å². The molecule has 28 heavy (non-hydrogen) atoms. The Labute approximate surface area is 174 Å². The van der Waals surface area contributed by atoms with Crippen LogP contribution in [-0.2, 0) is 19.7 Å². The summed E-state index contributed by atoms with van der Waals surface area (Å²) < 4.78 is 10.8. The van der Waals surface area contributed by atoms with E-state index >= 15 is 0 Å². The number of aliphatic hydroxyl groups is 1. The lowest BCUT2D eigenvalue weighted by molar-refractivity contribution is -0.154. The molecule has 8 heteroatoms. The first-order valence-corrected chi connectivity index (χ1v) is 10.0. The molecule has 1 aromatic rings. The van der Waals surface area contributed by atoms with E-state index in [0.717, 1.165) is 0 Å². The quantitative estimate of drug-likeness (QED) is 0.739. The van der Waals surface area contributed by atoms with E-state index in [1.165, 1.54) is 4.90 Å². The third-order valence-corrected chi connectivity index (χ3v) is 6.22. The summed E-state index contributed by atoms with van der Waals surface area (Å²) in [6.45, 7) is 7.40. The van der Waals surface area contributed by atoms with Gasteiger partial charge in [-0.1, -0.05) is 29.3 Å². The molecule has 0 radical (unpaired) electrons. The van der Waals surface area contributed by atoms with Crippen molar-refractivity contribution in [3.05, 3.63) is 33.8 Å². The molecular weight excluding hydrogens is 405 g/mol. The van der Waals surface area contributed by atoms with Crippen LogP contribution in [0.15, 0.2) is 18.2 Å². The van der Waals surface area contributed by atoms with Crippen molar-refractivity contribution >= 4 is 35.3 Å². The molecule has 3 atom stereocenters. The van der Waals surface area contributed by atoms with E-state index in [1.807, 2.05) is 0 Å². The van der Waals surface area contributed by atoms with Crippen LogP contribution in [0, 0.1) is 5.41 Å². The SMILES string of the molecule is CCOC(=O)C12CN(C(=O)OC(C)(C)C)CC(O)C1(c1ccc(Cl)c(Cl)c1)C2. The highest BCUT2D eigenvalue weighted by atomic mass is 35.5. The summed E-state index contributed by atoms with van der Waals surface area (Å²) in [5, 5.41) is 11.8. The maximum atomic E-state index is 12.9. The standard InChI is InChI=1S/C20H25Cl2NO5/c1-5-27-16(25)19-10-20(19,12-6-7-13(21)14(22)8-12)15(24)9-23(11-19)17(26)28-18(2,3)4/h6-8,15,24H,5,9-11H2,1-4H3. The van der Waals surface area contributed by atoms with Crippen LogP contribution in [0.2, 0.25) is 10.0 Å². The third-order valence-electron chi connectivity index (χ3n) is 5.49.